The number of carbonyl (C=O) groups is 2. The molecule has 8 heteroatoms. The highest BCUT2D eigenvalue weighted by Crippen LogP contribution is 2.70. The van der Waals surface area contributed by atoms with E-state index in [9.17, 15) is 9.59 Å². The highest BCUT2D eigenvalue weighted by atomic mass is 16.7. The van der Waals surface area contributed by atoms with Crippen molar-refractivity contribution in [2.75, 3.05) is 19.9 Å². The molecule has 2 N–H and O–H groups in total. The molecule has 256 valence electrons. The van der Waals surface area contributed by atoms with Gasteiger partial charge < -0.3 is 29.6 Å². The van der Waals surface area contributed by atoms with E-state index in [4.69, 9.17) is 18.9 Å². The van der Waals surface area contributed by atoms with E-state index >= 15 is 0 Å². The molecule has 1 unspecified atom stereocenters. The predicted octanol–water partition coefficient (Wildman–Crippen LogP) is 6.32. The lowest BCUT2D eigenvalue weighted by atomic mass is 9.46. The number of allylic oxidation sites excluding steroid dienone is 1. The van der Waals surface area contributed by atoms with E-state index in [0.717, 1.165) is 55.8 Å². The number of fused-ring (bicyclic) bond motifs is 8. The number of ether oxygens (including phenoxy) is 4. The number of nitrogens with one attached hydrogen (secondary N) is 2. The van der Waals surface area contributed by atoms with E-state index < -0.39 is 0 Å². The molecule has 8 nitrogen and oxygen atoms in total. The monoisotopic (exact) mass is 646 g/mol. The SMILES string of the molecule is C[C@@H]1CC[C@@]2(OC1)O[C@H]1C[C@H]3[C@@H]4CC=C5CC(NC(=O)CC(=O)NCCc6ccc7c(c6)OCO7)CC[C@]5(C)[C@H]4CC[C@]3(C)[C@H]1[C@@H]2C. The Morgan fingerprint density at radius 3 is 2.66 bits per heavy atom. The van der Waals surface area contributed by atoms with E-state index in [2.05, 4.69) is 44.4 Å². The maximum absolute atomic E-state index is 12.9. The average Bonchev–Trinajstić information content (AvgIpc) is 3.70. The molecule has 7 aliphatic rings. The van der Waals surface area contributed by atoms with Crippen LogP contribution in [-0.4, -0.2) is 49.7 Å². The summed E-state index contributed by atoms with van der Waals surface area (Å²) in [4.78, 5) is 25.5. The lowest BCUT2D eigenvalue weighted by Crippen LogP contribution is -2.53. The standard InChI is InChI=1S/C39H54N2O6/c1-23-9-15-39(46-21-23)24(2)36-33(47-39)19-30-28-7-6-26-18-27(10-13-37(26,3)29(28)11-14-38(30,36)4)41-35(43)20-34(42)40-16-12-25-5-8-31-32(17-25)45-22-44-31/h5-6,8,17,23-24,27-30,33,36H,7,9-16,18-22H2,1-4H3,(H,40,42)(H,41,43)/t23-,24+,27?,28-,29+,30+,33+,36+,37+,38+,39-/m1/s1. The van der Waals surface area contributed by atoms with Crippen LogP contribution in [-0.2, 0) is 25.5 Å². The lowest BCUT2D eigenvalue weighted by molar-refractivity contribution is -0.272. The molecule has 5 fully saturated rings. The Morgan fingerprint density at radius 2 is 1.83 bits per heavy atom. The Kier molecular flexibility index (Phi) is 7.94. The van der Waals surface area contributed by atoms with E-state index in [0.29, 0.717) is 60.0 Å². The van der Waals surface area contributed by atoms with E-state index in [1.807, 2.05) is 18.2 Å². The first kappa shape index (κ1) is 31.7. The molecule has 1 aromatic carbocycles. The fourth-order valence-electron chi connectivity index (χ4n) is 11.7. The molecule has 11 atom stereocenters. The molecular weight excluding hydrogens is 592 g/mol. The number of carbonyl (C=O) groups excluding carboxylic acids is 2. The molecular formula is C39H54N2O6. The van der Waals surface area contributed by atoms with Crippen LogP contribution in [0, 0.1) is 46.3 Å². The summed E-state index contributed by atoms with van der Waals surface area (Å²) in [5, 5.41) is 6.12. The van der Waals surface area contributed by atoms with Gasteiger partial charge in [-0.2, -0.15) is 0 Å². The Balaban J connectivity index is 0.850. The summed E-state index contributed by atoms with van der Waals surface area (Å²) < 4.78 is 24.3. The smallest absolute Gasteiger partial charge is 0.231 e. The Hall–Kier alpha value is -2.58. The first-order valence-corrected chi connectivity index (χ1v) is 18.5. The summed E-state index contributed by atoms with van der Waals surface area (Å²) in [6.07, 6.45) is 13.6. The van der Waals surface area contributed by atoms with Gasteiger partial charge in [0.2, 0.25) is 18.6 Å². The third-order valence-electron chi connectivity index (χ3n) is 14.2. The van der Waals surface area contributed by atoms with E-state index in [1.54, 1.807) is 5.57 Å². The molecule has 4 aliphatic carbocycles. The second-order valence-corrected chi connectivity index (χ2v) is 16.7. The van der Waals surface area contributed by atoms with Gasteiger partial charge in [0.05, 0.1) is 12.7 Å². The van der Waals surface area contributed by atoms with Gasteiger partial charge in [-0.3, -0.25) is 9.59 Å². The van der Waals surface area contributed by atoms with Crippen LogP contribution in [0.2, 0.25) is 0 Å². The molecule has 3 aliphatic heterocycles. The summed E-state index contributed by atoms with van der Waals surface area (Å²) in [5.74, 6) is 4.51. The molecule has 3 saturated carbocycles. The minimum absolute atomic E-state index is 0.100. The topological polar surface area (TPSA) is 95.1 Å². The number of benzene rings is 1. The first-order valence-electron chi connectivity index (χ1n) is 18.5. The molecule has 47 heavy (non-hydrogen) atoms. The minimum atomic E-state index is -0.351. The van der Waals surface area contributed by atoms with Gasteiger partial charge in [0.25, 0.3) is 0 Å². The van der Waals surface area contributed by atoms with Crippen molar-refractivity contribution in [3.8, 4) is 11.5 Å². The molecule has 2 saturated heterocycles. The molecule has 8 rings (SSSR count). The van der Waals surface area contributed by atoms with Gasteiger partial charge >= 0.3 is 0 Å². The second-order valence-electron chi connectivity index (χ2n) is 16.7. The van der Waals surface area contributed by atoms with Gasteiger partial charge in [-0.25, -0.2) is 0 Å². The van der Waals surface area contributed by atoms with Crippen LogP contribution in [0.15, 0.2) is 29.8 Å². The third kappa shape index (κ3) is 5.31. The molecule has 1 spiro atoms. The molecule has 0 aromatic heterocycles. The number of rotatable bonds is 6. The number of hydrogen-bond acceptors (Lipinski definition) is 6. The van der Waals surface area contributed by atoms with Crippen LogP contribution in [0.4, 0.5) is 0 Å². The zero-order valence-corrected chi connectivity index (χ0v) is 28.8. The van der Waals surface area contributed by atoms with Gasteiger partial charge in [0.1, 0.15) is 6.42 Å². The van der Waals surface area contributed by atoms with Crippen molar-refractivity contribution >= 4 is 11.8 Å². The summed E-state index contributed by atoms with van der Waals surface area (Å²) in [6, 6.07) is 5.92. The Morgan fingerprint density at radius 1 is 0.979 bits per heavy atom. The van der Waals surface area contributed by atoms with Crippen LogP contribution < -0.4 is 20.1 Å². The van der Waals surface area contributed by atoms with Crippen molar-refractivity contribution in [3.05, 3.63) is 35.4 Å². The summed E-state index contributed by atoms with van der Waals surface area (Å²) in [6.45, 7) is 11.4. The zero-order valence-electron chi connectivity index (χ0n) is 28.8. The predicted molar refractivity (Wildman–Crippen MR) is 178 cm³/mol. The van der Waals surface area contributed by atoms with Crippen molar-refractivity contribution < 1.29 is 28.5 Å². The molecule has 2 amide bonds. The Labute approximate surface area is 280 Å². The van der Waals surface area contributed by atoms with Gasteiger partial charge in [-0.1, -0.05) is 45.4 Å². The van der Waals surface area contributed by atoms with Gasteiger partial charge in [-0.05, 0) is 116 Å². The zero-order chi connectivity index (χ0) is 32.6. The van der Waals surface area contributed by atoms with Gasteiger partial charge in [0.15, 0.2) is 17.3 Å². The van der Waals surface area contributed by atoms with Crippen LogP contribution in [0.25, 0.3) is 0 Å². The molecule has 3 heterocycles. The fraction of sp³-hybridized carbons (Fsp3) is 0.744. The van der Waals surface area contributed by atoms with E-state index in [1.165, 1.54) is 25.7 Å². The first-order chi connectivity index (χ1) is 22.6. The molecule has 0 bridgehead atoms. The maximum Gasteiger partial charge on any atom is 0.231 e. The Bertz CT molecular complexity index is 1430. The normalized spacial score (nSPS) is 42.9. The van der Waals surface area contributed by atoms with Crippen molar-refractivity contribution in [1.82, 2.24) is 10.6 Å². The second kappa shape index (κ2) is 11.8. The summed E-state index contributed by atoms with van der Waals surface area (Å²) >= 11 is 0. The van der Waals surface area contributed by atoms with Crippen molar-refractivity contribution in [2.24, 2.45) is 46.3 Å². The largest absolute Gasteiger partial charge is 0.454 e. The van der Waals surface area contributed by atoms with Gasteiger partial charge in [-0.15, -0.1) is 0 Å². The summed E-state index contributed by atoms with van der Waals surface area (Å²) in [7, 11) is 0. The summed E-state index contributed by atoms with van der Waals surface area (Å²) in [5.41, 5.74) is 3.12. The lowest BCUT2D eigenvalue weighted by Gasteiger charge is -2.58. The van der Waals surface area contributed by atoms with E-state index in [-0.39, 0.29) is 42.3 Å². The van der Waals surface area contributed by atoms with Crippen LogP contribution >= 0.6 is 0 Å². The van der Waals surface area contributed by atoms with Crippen LogP contribution in [0.5, 0.6) is 11.5 Å². The molecule has 1 aromatic rings. The number of hydrogen-bond donors (Lipinski definition) is 2. The maximum atomic E-state index is 12.9. The van der Waals surface area contributed by atoms with Crippen molar-refractivity contribution in [3.63, 3.8) is 0 Å². The van der Waals surface area contributed by atoms with Crippen LogP contribution in [0.1, 0.15) is 97.5 Å². The minimum Gasteiger partial charge on any atom is -0.454 e. The fourth-order valence-corrected chi connectivity index (χ4v) is 11.7. The highest BCUT2D eigenvalue weighted by molar-refractivity contribution is 5.97. The van der Waals surface area contributed by atoms with Gasteiger partial charge in [0, 0.05) is 24.9 Å². The van der Waals surface area contributed by atoms with Crippen LogP contribution in [0.3, 0.4) is 0 Å². The average molecular weight is 647 g/mol. The molecule has 0 radical (unpaired) electrons. The van der Waals surface area contributed by atoms with Crippen molar-refractivity contribution in [2.45, 2.75) is 116 Å². The quantitative estimate of drug-likeness (QED) is 0.278. The third-order valence-corrected chi connectivity index (χ3v) is 14.2. The number of amides is 2. The highest BCUT2D eigenvalue weighted by Gasteiger charge is 2.68. The van der Waals surface area contributed by atoms with Crippen molar-refractivity contribution in [1.29, 1.82) is 0 Å².